The molecule has 3 aliphatic carbocycles. The van der Waals surface area contributed by atoms with Crippen molar-refractivity contribution in [1.29, 1.82) is 0 Å². The Morgan fingerprint density at radius 1 is 1.36 bits per heavy atom. The standard InChI is InChI=1S/C10H17N/c11-5-1-2-8-9-6-10(8,9)7-3-4-7/h7-9H,1-6,11H2. The minimum atomic E-state index is 0.907. The molecule has 0 aromatic carbocycles. The van der Waals surface area contributed by atoms with Crippen LogP contribution in [0.5, 0.6) is 0 Å². The zero-order valence-corrected chi connectivity index (χ0v) is 7.05. The van der Waals surface area contributed by atoms with Crippen LogP contribution in [0.3, 0.4) is 0 Å². The molecule has 0 bridgehead atoms. The molecule has 3 unspecified atom stereocenters. The zero-order valence-electron chi connectivity index (χ0n) is 7.05. The zero-order chi connectivity index (χ0) is 7.47. The van der Waals surface area contributed by atoms with Crippen LogP contribution in [0.4, 0.5) is 0 Å². The molecule has 3 saturated carbocycles. The number of fused-ring (bicyclic) bond motifs is 1. The average Bonchev–Trinajstić information content (AvgIpc) is 2.80. The summed E-state index contributed by atoms with van der Waals surface area (Å²) in [6, 6.07) is 0. The molecule has 3 aliphatic rings. The van der Waals surface area contributed by atoms with Gasteiger partial charge in [0.1, 0.15) is 0 Å². The van der Waals surface area contributed by atoms with Gasteiger partial charge in [-0.25, -0.2) is 0 Å². The average molecular weight is 151 g/mol. The lowest BCUT2D eigenvalue weighted by molar-refractivity contribution is 0.411. The summed E-state index contributed by atoms with van der Waals surface area (Å²) < 4.78 is 0. The Morgan fingerprint density at radius 3 is 2.73 bits per heavy atom. The van der Waals surface area contributed by atoms with Crippen molar-refractivity contribution in [3.63, 3.8) is 0 Å². The van der Waals surface area contributed by atoms with Crippen molar-refractivity contribution in [1.82, 2.24) is 0 Å². The smallest absolute Gasteiger partial charge is 0.00772 e. The molecule has 0 aliphatic heterocycles. The van der Waals surface area contributed by atoms with E-state index in [1.165, 1.54) is 24.7 Å². The molecule has 0 radical (unpaired) electrons. The molecule has 11 heavy (non-hydrogen) atoms. The maximum atomic E-state index is 5.50. The molecule has 62 valence electrons. The van der Waals surface area contributed by atoms with Gasteiger partial charge in [-0.1, -0.05) is 0 Å². The van der Waals surface area contributed by atoms with Crippen LogP contribution in [0, 0.1) is 23.2 Å². The second-order valence-electron chi connectivity index (χ2n) is 4.73. The highest BCUT2D eigenvalue weighted by Crippen LogP contribution is 2.87. The van der Waals surface area contributed by atoms with Crippen molar-refractivity contribution in [2.24, 2.45) is 28.9 Å². The summed E-state index contributed by atoms with van der Waals surface area (Å²) in [6.45, 7) is 0.907. The molecule has 1 heteroatoms. The second kappa shape index (κ2) is 1.82. The predicted octanol–water partition coefficient (Wildman–Crippen LogP) is 1.77. The Kier molecular flexibility index (Phi) is 1.07. The third kappa shape index (κ3) is 0.703. The highest BCUT2D eigenvalue weighted by Gasteiger charge is 2.81. The SMILES string of the molecule is NCCCC1C2CC12C1CC1. The Balaban J connectivity index is 1.54. The molecule has 3 rings (SSSR count). The van der Waals surface area contributed by atoms with Crippen molar-refractivity contribution < 1.29 is 0 Å². The number of hydrogen-bond donors (Lipinski definition) is 1. The first-order valence-corrected chi connectivity index (χ1v) is 5.09. The summed E-state index contributed by atoms with van der Waals surface area (Å²) in [6.07, 6.45) is 7.41. The Morgan fingerprint density at radius 2 is 2.18 bits per heavy atom. The summed E-state index contributed by atoms with van der Waals surface area (Å²) in [5.74, 6) is 3.50. The van der Waals surface area contributed by atoms with E-state index in [0.29, 0.717) is 0 Å². The third-order valence-corrected chi connectivity index (χ3v) is 4.23. The lowest BCUT2D eigenvalue weighted by Crippen LogP contribution is -2.05. The molecule has 2 N–H and O–H groups in total. The van der Waals surface area contributed by atoms with E-state index in [4.69, 9.17) is 5.73 Å². The molecule has 0 saturated heterocycles. The van der Waals surface area contributed by atoms with E-state index in [9.17, 15) is 0 Å². The van der Waals surface area contributed by atoms with Gasteiger partial charge in [0.25, 0.3) is 0 Å². The van der Waals surface area contributed by atoms with Crippen LogP contribution in [0.1, 0.15) is 32.1 Å². The summed E-state index contributed by atoms with van der Waals surface area (Å²) in [7, 11) is 0. The summed E-state index contributed by atoms with van der Waals surface area (Å²) in [4.78, 5) is 0. The Hall–Kier alpha value is -0.0400. The largest absolute Gasteiger partial charge is 0.330 e. The van der Waals surface area contributed by atoms with Gasteiger partial charge in [0.15, 0.2) is 0 Å². The van der Waals surface area contributed by atoms with Crippen LogP contribution >= 0.6 is 0 Å². The first kappa shape index (κ1) is 6.47. The van der Waals surface area contributed by atoms with E-state index in [2.05, 4.69) is 0 Å². The quantitative estimate of drug-likeness (QED) is 0.651. The van der Waals surface area contributed by atoms with Gasteiger partial charge in [0.05, 0.1) is 0 Å². The van der Waals surface area contributed by atoms with Crippen LogP contribution in [-0.4, -0.2) is 6.54 Å². The van der Waals surface area contributed by atoms with Gasteiger partial charge in [-0.05, 0) is 61.8 Å². The third-order valence-electron chi connectivity index (χ3n) is 4.23. The van der Waals surface area contributed by atoms with Gasteiger partial charge in [-0.2, -0.15) is 0 Å². The lowest BCUT2D eigenvalue weighted by atomic mass is 9.97. The van der Waals surface area contributed by atoms with Crippen molar-refractivity contribution in [2.45, 2.75) is 32.1 Å². The highest BCUT2D eigenvalue weighted by molar-refractivity contribution is 5.29. The van der Waals surface area contributed by atoms with Crippen LogP contribution < -0.4 is 5.73 Å². The molecule has 3 atom stereocenters. The Labute approximate surface area is 68.3 Å². The van der Waals surface area contributed by atoms with E-state index < -0.39 is 0 Å². The molecule has 1 nitrogen and oxygen atoms in total. The van der Waals surface area contributed by atoms with Crippen LogP contribution in [0.25, 0.3) is 0 Å². The van der Waals surface area contributed by atoms with Crippen LogP contribution in [0.15, 0.2) is 0 Å². The van der Waals surface area contributed by atoms with Gasteiger partial charge in [0, 0.05) is 0 Å². The maximum Gasteiger partial charge on any atom is -0.00772 e. The molecule has 0 amide bonds. The topological polar surface area (TPSA) is 26.0 Å². The molecule has 0 spiro atoms. The fourth-order valence-corrected chi connectivity index (χ4v) is 3.28. The highest BCUT2D eigenvalue weighted by atomic mass is 14.9. The fourth-order valence-electron chi connectivity index (χ4n) is 3.28. The Bertz CT molecular complexity index is 185. The van der Waals surface area contributed by atoms with Gasteiger partial charge >= 0.3 is 0 Å². The lowest BCUT2D eigenvalue weighted by Gasteiger charge is -2.09. The fraction of sp³-hybridized carbons (Fsp3) is 1.00. The van der Waals surface area contributed by atoms with E-state index in [0.717, 1.165) is 17.9 Å². The molecular weight excluding hydrogens is 134 g/mol. The molecule has 0 aromatic heterocycles. The van der Waals surface area contributed by atoms with Crippen molar-refractivity contribution >= 4 is 0 Å². The molecule has 0 heterocycles. The van der Waals surface area contributed by atoms with Crippen molar-refractivity contribution in [2.75, 3.05) is 6.54 Å². The number of rotatable bonds is 4. The second-order valence-corrected chi connectivity index (χ2v) is 4.73. The minimum Gasteiger partial charge on any atom is -0.330 e. The van der Waals surface area contributed by atoms with Crippen LogP contribution in [-0.2, 0) is 0 Å². The van der Waals surface area contributed by atoms with E-state index in [1.807, 2.05) is 0 Å². The van der Waals surface area contributed by atoms with E-state index in [1.54, 1.807) is 19.3 Å². The summed E-state index contributed by atoms with van der Waals surface area (Å²) >= 11 is 0. The molecule has 0 aromatic rings. The van der Waals surface area contributed by atoms with Gasteiger partial charge < -0.3 is 5.73 Å². The van der Waals surface area contributed by atoms with Crippen molar-refractivity contribution in [3.8, 4) is 0 Å². The number of nitrogens with two attached hydrogens (primary N) is 1. The maximum absolute atomic E-state index is 5.50. The van der Waals surface area contributed by atoms with Crippen LogP contribution in [0.2, 0.25) is 0 Å². The van der Waals surface area contributed by atoms with Gasteiger partial charge in [-0.3, -0.25) is 0 Å². The summed E-state index contributed by atoms with van der Waals surface area (Å²) in [5, 5.41) is 0. The monoisotopic (exact) mass is 151 g/mol. The normalized spacial score (nSPS) is 52.1. The van der Waals surface area contributed by atoms with E-state index >= 15 is 0 Å². The number of hydrogen-bond acceptors (Lipinski definition) is 1. The summed E-state index contributed by atoms with van der Waals surface area (Å²) in [5.41, 5.74) is 6.44. The molecule has 3 fully saturated rings. The first-order valence-electron chi connectivity index (χ1n) is 5.09. The van der Waals surface area contributed by atoms with Gasteiger partial charge in [-0.15, -0.1) is 0 Å². The molecular formula is C10H17N. The minimum absolute atomic E-state index is 0.907. The predicted molar refractivity (Wildman–Crippen MR) is 45.0 cm³/mol. The first-order chi connectivity index (χ1) is 5.39. The van der Waals surface area contributed by atoms with Crippen molar-refractivity contribution in [3.05, 3.63) is 0 Å². The van der Waals surface area contributed by atoms with Gasteiger partial charge in [0.2, 0.25) is 0 Å². The van der Waals surface area contributed by atoms with E-state index in [-0.39, 0.29) is 0 Å².